The van der Waals surface area contributed by atoms with Crippen molar-refractivity contribution in [1.82, 2.24) is 0 Å². The summed E-state index contributed by atoms with van der Waals surface area (Å²) in [4.78, 5) is 2.57. The Morgan fingerprint density at radius 2 is 2.05 bits per heavy atom. The van der Waals surface area contributed by atoms with E-state index in [-0.39, 0.29) is 0 Å². The molecule has 0 aromatic heterocycles. The minimum atomic E-state index is 0.345. The highest BCUT2D eigenvalue weighted by atomic mass is 16.7. The predicted octanol–water partition coefficient (Wildman–Crippen LogP) is 2.84. The van der Waals surface area contributed by atoms with Gasteiger partial charge in [0.1, 0.15) is 0 Å². The van der Waals surface area contributed by atoms with E-state index in [2.05, 4.69) is 29.3 Å². The van der Waals surface area contributed by atoms with Gasteiger partial charge >= 0.3 is 0 Å². The Hall–Kier alpha value is -1.58. The van der Waals surface area contributed by atoms with Gasteiger partial charge in [-0.2, -0.15) is 0 Å². The molecule has 2 aliphatic heterocycles. The van der Waals surface area contributed by atoms with Gasteiger partial charge in [-0.1, -0.05) is 6.92 Å². The molecule has 1 unspecified atom stereocenters. The molecule has 1 fully saturated rings. The van der Waals surface area contributed by atoms with Crippen molar-refractivity contribution in [2.24, 2.45) is 5.92 Å². The Morgan fingerprint density at radius 3 is 2.79 bits per heavy atom. The van der Waals surface area contributed by atoms with Gasteiger partial charge in [-0.3, -0.25) is 0 Å². The maximum Gasteiger partial charge on any atom is 0.231 e. The first-order valence-corrected chi connectivity index (χ1v) is 7.29. The van der Waals surface area contributed by atoms with Crippen LogP contribution < -0.4 is 19.7 Å². The third kappa shape index (κ3) is 1.90. The fourth-order valence-corrected chi connectivity index (χ4v) is 3.04. The molecule has 1 saturated carbocycles. The molecule has 1 aromatic rings. The highest BCUT2D eigenvalue weighted by Gasteiger charge is 2.32. The summed E-state index contributed by atoms with van der Waals surface area (Å²) in [6, 6.07) is 4.83. The van der Waals surface area contributed by atoms with Crippen molar-refractivity contribution < 1.29 is 9.47 Å². The van der Waals surface area contributed by atoms with Crippen molar-refractivity contribution in [3.63, 3.8) is 0 Å². The number of hydrogen-bond donors (Lipinski definition) is 1. The second kappa shape index (κ2) is 4.22. The van der Waals surface area contributed by atoms with E-state index in [9.17, 15) is 0 Å². The molecule has 0 spiro atoms. The van der Waals surface area contributed by atoms with E-state index in [0.29, 0.717) is 12.8 Å². The average Bonchev–Trinajstić information content (AvgIpc) is 3.13. The number of nitrogens with one attached hydrogen (secondary N) is 1. The highest BCUT2D eigenvalue weighted by molar-refractivity contribution is 5.77. The molecular formula is C15H20N2O2. The molecule has 0 saturated heterocycles. The monoisotopic (exact) mass is 260 g/mol. The van der Waals surface area contributed by atoms with Gasteiger partial charge in [-0.05, 0) is 25.2 Å². The molecule has 0 bridgehead atoms. The first-order chi connectivity index (χ1) is 9.35. The average molecular weight is 260 g/mol. The van der Waals surface area contributed by atoms with E-state index < -0.39 is 0 Å². The van der Waals surface area contributed by atoms with Gasteiger partial charge in [0.05, 0.1) is 11.4 Å². The zero-order valence-electron chi connectivity index (χ0n) is 11.3. The smallest absolute Gasteiger partial charge is 0.231 e. The zero-order chi connectivity index (χ0) is 12.8. The molecule has 1 aromatic carbocycles. The van der Waals surface area contributed by atoms with Gasteiger partial charge in [0.25, 0.3) is 0 Å². The Labute approximate surface area is 113 Å². The van der Waals surface area contributed by atoms with E-state index in [1.807, 2.05) is 0 Å². The van der Waals surface area contributed by atoms with Crippen LogP contribution in [0.25, 0.3) is 0 Å². The van der Waals surface area contributed by atoms with Crippen LogP contribution >= 0.6 is 0 Å². The van der Waals surface area contributed by atoms with Crippen LogP contribution in [0.1, 0.15) is 26.2 Å². The van der Waals surface area contributed by atoms with Crippen LogP contribution in [0, 0.1) is 5.92 Å². The van der Waals surface area contributed by atoms with Crippen LogP contribution in [0.3, 0.4) is 0 Å². The minimum Gasteiger partial charge on any atom is -0.454 e. The van der Waals surface area contributed by atoms with Gasteiger partial charge in [0, 0.05) is 31.3 Å². The van der Waals surface area contributed by atoms with Gasteiger partial charge < -0.3 is 19.7 Å². The predicted molar refractivity (Wildman–Crippen MR) is 75.2 cm³/mol. The third-order valence-electron chi connectivity index (χ3n) is 4.39. The van der Waals surface area contributed by atoms with E-state index in [4.69, 9.17) is 9.47 Å². The maximum absolute atomic E-state index is 5.53. The Morgan fingerprint density at radius 1 is 1.26 bits per heavy atom. The van der Waals surface area contributed by atoms with Crippen LogP contribution in [0.5, 0.6) is 11.5 Å². The fraction of sp³-hybridized carbons (Fsp3) is 0.600. The van der Waals surface area contributed by atoms with Crippen molar-refractivity contribution in [2.45, 2.75) is 32.2 Å². The van der Waals surface area contributed by atoms with E-state index in [1.165, 1.54) is 37.2 Å². The molecule has 3 aliphatic rings. The molecule has 1 N–H and O–H groups in total. The van der Waals surface area contributed by atoms with Gasteiger partial charge in [0.15, 0.2) is 11.5 Å². The van der Waals surface area contributed by atoms with Gasteiger partial charge in [0.2, 0.25) is 6.79 Å². The quantitative estimate of drug-likeness (QED) is 0.906. The summed E-state index contributed by atoms with van der Waals surface area (Å²) in [6.07, 6.45) is 3.95. The van der Waals surface area contributed by atoms with Crippen LogP contribution in [-0.4, -0.2) is 25.9 Å². The molecule has 4 rings (SSSR count). The summed E-state index contributed by atoms with van der Waals surface area (Å²) in [5, 5.41) is 3.54. The van der Waals surface area contributed by atoms with Crippen molar-refractivity contribution >= 4 is 11.4 Å². The lowest BCUT2D eigenvalue weighted by Crippen LogP contribution is -2.44. The van der Waals surface area contributed by atoms with E-state index in [1.54, 1.807) is 0 Å². The van der Waals surface area contributed by atoms with Crippen LogP contribution in [0.15, 0.2) is 12.1 Å². The van der Waals surface area contributed by atoms with Crippen LogP contribution in [-0.2, 0) is 0 Å². The number of anilines is 2. The molecule has 2 heterocycles. The van der Waals surface area contributed by atoms with Crippen molar-refractivity contribution in [3.05, 3.63) is 12.1 Å². The fourth-order valence-electron chi connectivity index (χ4n) is 3.04. The standard InChI is InChI=1S/C15H20N2O2/c1-2-11-7-16-12-5-14-15(19-9-18-14)6-13(12)17(11)8-10-3-4-10/h5-6,10-11,16H,2-4,7-9H2,1H3. The van der Waals surface area contributed by atoms with Crippen LogP contribution in [0.4, 0.5) is 11.4 Å². The summed E-state index contributed by atoms with van der Waals surface area (Å²) >= 11 is 0. The maximum atomic E-state index is 5.53. The first-order valence-electron chi connectivity index (χ1n) is 7.29. The topological polar surface area (TPSA) is 33.7 Å². The second-order valence-electron chi connectivity index (χ2n) is 5.76. The molecule has 4 nitrogen and oxygen atoms in total. The first kappa shape index (κ1) is 11.3. The number of hydrogen-bond acceptors (Lipinski definition) is 4. The SMILES string of the molecule is CCC1CNc2cc3c(cc2N1CC1CC1)OCO3. The number of ether oxygens (including phenoxy) is 2. The normalized spacial score (nSPS) is 24.1. The lowest BCUT2D eigenvalue weighted by Gasteiger charge is -2.39. The molecule has 1 aliphatic carbocycles. The molecule has 0 radical (unpaired) electrons. The van der Waals surface area contributed by atoms with Crippen molar-refractivity contribution in [3.8, 4) is 11.5 Å². The number of rotatable bonds is 3. The summed E-state index contributed by atoms with van der Waals surface area (Å²) in [5.74, 6) is 2.65. The van der Waals surface area contributed by atoms with Gasteiger partial charge in [-0.25, -0.2) is 0 Å². The summed E-state index contributed by atoms with van der Waals surface area (Å²) < 4.78 is 11.0. The third-order valence-corrected chi connectivity index (χ3v) is 4.39. The molecule has 0 amide bonds. The number of nitrogens with zero attached hydrogens (tertiary/aromatic N) is 1. The van der Waals surface area contributed by atoms with Gasteiger partial charge in [-0.15, -0.1) is 0 Å². The number of benzene rings is 1. The zero-order valence-corrected chi connectivity index (χ0v) is 11.3. The second-order valence-corrected chi connectivity index (χ2v) is 5.76. The Bertz CT molecular complexity index is 499. The Kier molecular flexibility index (Phi) is 2.50. The number of fused-ring (bicyclic) bond motifs is 2. The van der Waals surface area contributed by atoms with Crippen LogP contribution in [0.2, 0.25) is 0 Å². The molecule has 1 atom stereocenters. The lowest BCUT2D eigenvalue weighted by molar-refractivity contribution is 0.174. The molecule has 102 valence electrons. The van der Waals surface area contributed by atoms with E-state index >= 15 is 0 Å². The van der Waals surface area contributed by atoms with Crippen molar-refractivity contribution in [2.75, 3.05) is 30.1 Å². The summed E-state index contributed by atoms with van der Waals surface area (Å²) in [7, 11) is 0. The lowest BCUT2D eigenvalue weighted by atomic mass is 10.1. The largest absolute Gasteiger partial charge is 0.454 e. The molecule has 19 heavy (non-hydrogen) atoms. The highest BCUT2D eigenvalue weighted by Crippen LogP contribution is 2.44. The Balaban J connectivity index is 1.72. The van der Waals surface area contributed by atoms with Crippen molar-refractivity contribution in [1.29, 1.82) is 0 Å². The minimum absolute atomic E-state index is 0.345. The van der Waals surface area contributed by atoms with E-state index in [0.717, 1.165) is 24.0 Å². The summed E-state index contributed by atoms with van der Waals surface area (Å²) in [5.41, 5.74) is 2.48. The summed E-state index contributed by atoms with van der Waals surface area (Å²) in [6.45, 7) is 4.82. The molecule has 4 heteroatoms. The molecular weight excluding hydrogens is 240 g/mol.